The molecule has 1 aliphatic carbocycles. The second kappa shape index (κ2) is 9.26. The van der Waals surface area contributed by atoms with Crippen LogP contribution in [-0.4, -0.2) is 55.8 Å². The molecule has 0 bridgehead atoms. The molecule has 1 heterocycles. The van der Waals surface area contributed by atoms with Crippen molar-refractivity contribution in [2.24, 2.45) is 0 Å². The molecule has 1 saturated carbocycles. The Bertz CT molecular complexity index is 630. The van der Waals surface area contributed by atoms with E-state index in [9.17, 15) is 4.79 Å². The molecule has 1 aliphatic heterocycles. The van der Waals surface area contributed by atoms with Crippen LogP contribution in [0.2, 0.25) is 5.02 Å². The van der Waals surface area contributed by atoms with Crippen LogP contribution in [0.4, 0.5) is 0 Å². The van der Waals surface area contributed by atoms with E-state index in [4.69, 9.17) is 21.1 Å². The van der Waals surface area contributed by atoms with Gasteiger partial charge in [0.05, 0.1) is 13.2 Å². The van der Waals surface area contributed by atoms with Crippen molar-refractivity contribution in [1.82, 2.24) is 10.2 Å². The highest BCUT2D eigenvalue weighted by Gasteiger charge is 2.38. The van der Waals surface area contributed by atoms with E-state index in [1.54, 1.807) is 0 Å². The second-order valence-electron chi connectivity index (χ2n) is 7.82. The van der Waals surface area contributed by atoms with Crippen LogP contribution < -0.4 is 10.1 Å². The Morgan fingerprint density at radius 3 is 2.44 bits per heavy atom. The Morgan fingerprint density at radius 2 is 1.81 bits per heavy atom. The van der Waals surface area contributed by atoms with Crippen LogP contribution in [0.15, 0.2) is 12.1 Å². The molecular formula is C21H31ClN2O3. The van der Waals surface area contributed by atoms with E-state index in [0.717, 1.165) is 55.3 Å². The number of carbonyl (C=O) groups excluding carboxylic acids is 1. The number of hydrogen-bond donors (Lipinski definition) is 1. The van der Waals surface area contributed by atoms with E-state index in [1.165, 1.54) is 19.3 Å². The molecule has 0 aromatic heterocycles. The van der Waals surface area contributed by atoms with E-state index in [0.29, 0.717) is 12.3 Å². The van der Waals surface area contributed by atoms with Gasteiger partial charge < -0.3 is 14.8 Å². The van der Waals surface area contributed by atoms with E-state index >= 15 is 0 Å². The molecule has 1 aromatic rings. The minimum Gasteiger partial charge on any atom is -0.484 e. The van der Waals surface area contributed by atoms with Gasteiger partial charge in [0, 0.05) is 30.2 Å². The maximum atomic E-state index is 12.4. The van der Waals surface area contributed by atoms with Crippen molar-refractivity contribution < 1.29 is 14.3 Å². The summed E-state index contributed by atoms with van der Waals surface area (Å²) in [6, 6.07) is 3.75. The summed E-state index contributed by atoms with van der Waals surface area (Å²) in [6.07, 6.45) is 6.03. The summed E-state index contributed by atoms with van der Waals surface area (Å²) in [7, 11) is 0. The van der Waals surface area contributed by atoms with Crippen molar-refractivity contribution in [2.45, 2.75) is 51.5 Å². The molecule has 2 fully saturated rings. The maximum absolute atomic E-state index is 12.4. The first-order valence-corrected chi connectivity index (χ1v) is 10.4. The third-order valence-electron chi connectivity index (χ3n) is 5.86. The fourth-order valence-corrected chi connectivity index (χ4v) is 4.41. The van der Waals surface area contributed by atoms with Crippen LogP contribution in [0.5, 0.6) is 5.75 Å². The van der Waals surface area contributed by atoms with Crippen molar-refractivity contribution >= 4 is 17.5 Å². The number of nitrogens with zero attached hydrogens (tertiary/aromatic N) is 1. The van der Waals surface area contributed by atoms with Crippen LogP contribution in [-0.2, 0) is 9.53 Å². The zero-order chi connectivity index (χ0) is 19.3. The number of benzene rings is 1. The Balaban J connectivity index is 1.54. The Morgan fingerprint density at radius 1 is 1.19 bits per heavy atom. The normalized spacial score (nSPS) is 20.3. The van der Waals surface area contributed by atoms with Crippen molar-refractivity contribution in [2.75, 3.05) is 39.5 Å². The third kappa shape index (κ3) is 5.15. The number of halogens is 1. The van der Waals surface area contributed by atoms with Gasteiger partial charge in [-0.2, -0.15) is 0 Å². The summed E-state index contributed by atoms with van der Waals surface area (Å²) in [6.45, 7) is 8.08. The highest BCUT2D eigenvalue weighted by molar-refractivity contribution is 6.32. The van der Waals surface area contributed by atoms with Crippen molar-refractivity contribution in [3.05, 3.63) is 28.3 Å². The van der Waals surface area contributed by atoms with Gasteiger partial charge in [-0.25, -0.2) is 0 Å². The maximum Gasteiger partial charge on any atom is 0.258 e. The van der Waals surface area contributed by atoms with Crippen molar-refractivity contribution in [3.8, 4) is 5.75 Å². The third-order valence-corrected chi connectivity index (χ3v) is 6.46. The monoisotopic (exact) mass is 394 g/mol. The minimum atomic E-state index is -0.0709. The van der Waals surface area contributed by atoms with Crippen LogP contribution in [0, 0.1) is 13.8 Å². The lowest BCUT2D eigenvalue weighted by atomic mass is 9.79. The van der Waals surface area contributed by atoms with E-state index in [-0.39, 0.29) is 18.1 Å². The summed E-state index contributed by atoms with van der Waals surface area (Å²) < 4.78 is 11.2. The fourth-order valence-electron chi connectivity index (χ4n) is 4.30. The average molecular weight is 395 g/mol. The highest BCUT2D eigenvalue weighted by atomic mass is 35.5. The number of carbonyl (C=O) groups is 1. The zero-order valence-corrected chi connectivity index (χ0v) is 17.2. The smallest absolute Gasteiger partial charge is 0.258 e. The highest BCUT2D eigenvalue weighted by Crippen LogP contribution is 2.34. The molecule has 1 amide bonds. The van der Waals surface area contributed by atoms with Crippen LogP contribution in [0.3, 0.4) is 0 Å². The number of hydrogen-bond acceptors (Lipinski definition) is 4. The standard InChI is InChI=1S/C21H31ClN2O3/c1-16-12-18(13-17(2)20(16)22)27-14-19(25)23-15-21(6-4-3-5-7-21)24-8-10-26-11-9-24/h12-13H,3-11,14-15H2,1-2H3,(H,23,25). The summed E-state index contributed by atoms with van der Waals surface area (Å²) >= 11 is 6.19. The number of nitrogens with one attached hydrogen (secondary N) is 1. The predicted octanol–water partition coefficient (Wildman–Crippen LogP) is 3.49. The molecule has 150 valence electrons. The van der Waals surface area contributed by atoms with Gasteiger partial charge in [-0.05, 0) is 49.9 Å². The largest absolute Gasteiger partial charge is 0.484 e. The van der Waals surface area contributed by atoms with Crippen molar-refractivity contribution in [3.63, 3.8) is 0 Å². The number of ether oxygens (including phenoxy) is 2. The summed E-state index contributed by atoms with van der Waals surface area (Å²) in [5, 5.41) is 3.88. The van der Waals surface area contributed by atoms with Crippen LogP contribution in [0.25, 0.3) is 0 Å². The van der Waals surface area contributed by atoms with Gasteiger partial charge in [0.25, 0.3) is 5.91 Å². The first-order chi connectivity index (χ1) is 13.0. The lowest BCUT2D eigenvalue weighted by Crippen LogP contribution is -2.60. The molecule has 2 aliphatic rings. The fraction of sp³-hybridized carbons (Fsp3) is 0.667. The number of morpholine rings is 1. The topological polar surface area (TPSA) is 50.8 Å². The van der Waals surface area contributed by atoms with Crippen LogP contribution >= 0.6 is 11.6 Å². The van der Waals surface area contributed by atoms with Gasteiger partial charge in [0.15, 0.2) is 6.61 Å². The number of rotatable bonds is 6. The Labute approximate surface area is 167 Å². The van der Waals surface area contributed by atoms with Gasteiger partial charge in [0.2, 0.25) is 0 Å². The van der Waals surface area contributed by atoms with Crippen LogP contribution in [0.1, 0.15) is 43.2 Å². The van der Waals surface area contributed by atoms with E-state index in [2.05, 4.69) is 10.2 Å². The van der Waals surface area contributed by atoms with Crippen molar-refractivity contribution in [1.29, 1.82) is 0 Å². The first kappa shape index (κ1) is 20.4. The average Bonchev–Trinajstić information content (AvgIpc) is 2.70. The first-order valence-electron chi connectivity index (χ1n) is 9.99. The molecule has 6 heteroatoms. The number of aryl methyl sites for hydroxylation is 2. The van der Waals surface area contributed by atoms with E-state index < -0.39 is 0 Å². The summed E-state index contributed by atoms with van der Waals surface area (Å²) in [5.41, 5.74) is 1.99. The second-order valence-corrected chi connectivity index (χ2v) is 8.20. The quantitative estimate of drug-likeness (QED) is 0.802. The molecule has 1 aromatic carbocycles. The molecule has 0 atom stereocenters. The molecule has 0 spiro atoms. The lowest BCUT2D eigenvalue weighted by Gasteiger charge is -2.48. The predicted molar refractivity (Wildman–Crippen MR) is 108 cm³/mol. The molecule has 1 saturated heterocycles. The molecule has 3 rings (SSSR count). The van der Waals surface area contributed by atoms with Gasteiger partial charge in [-0.3, -0.25) is 9.69 Å². The molecule has 0 radical (unpaired) electrons. The molecule has 27 heavy (non-hydrogen) atoms. The molecule has 0 unspecified atom stereocenters. The zero-order valence-electron chi connectivity index (χ0n) is 16.5. The summed E-state index contributed by atoms with van der Waals surface area (Å²) in [5.74, 6) is 0.614. The van der Waals surface area contributed by atoms with Gasteiger partial charge in [-0.1, -0.05) is 30.9 Å². The summed E-state index contributed by atoms with van der Waals surface area (Å²) in [4.78, 5) is 14.9. The number of amides is 1. The van der Waals surface area contributed by atoms with Gasteiger partial charge in [-0.15, -0.1) is 0 Å². The van der Waals surface area contributed by atoms with E-state index in [1.807, 2.05) is 26.0 Å². The Hall–Kier alpha value is -1.30. The van der Waals surface area contributed by atoms with Gasteiger partial charge >= 0.3 is 0 Å². The Kier molecular flexibility index (Phi) is 7.01. The lowest BCUT2D eigenvalue weighted by molar-refractivity contribution is -0.124. The molecular weight excluding hydrogens is 364 g/mol. The SMILES string of the molecule is Cc1cc(OCC(=O)NCC2(N3CCOCC3)CCCCC2)cc(C)c1Cl. The molecule has 1 N–H and O–H groups in total. The molecule has 5 nitrogen and oxygen atoms in total. The van der Waals surface area contributed by atoms with Gasteiger partial charge in [0.1, 0.15) is 5.75 Å². The minimum absolute atomic E-state index is 0.0275.